The molecule has 0 bridgehead atoms. The topological polar surface area (TPSA) is 128 Å². The van der Waals surface area contributed by atoms with Gasteiger partial charge in [-0.05, 0) is 12.1 Å². The molecule has 0 N–H and O–H groups in total. The van der Waals surface area contributed by atoms with Gasteiger partial charge in [-0.2, -0.15) is 5.10 Å². The first-order valence-electron chi connectivity index (χ1n) is 7.24. The van der Waals surface area contributed by atoms with Crippen LogP contribution in [0.4, 0.5) is 11.4 Å². The van der Waals surface area contributed by atoms with Gasteiger partial charge in [-0.15, -0.1) is 0 Å². The monoisotopic (exact) mass is 358 g/mol. The smallest absolute Gasteiger partial charge is 0.344 e. The molecule has 10 heteroatoms. The van der Waals surface area contributed by atoms with Crippen LogP contribution in [0.3, 0.4) is 0 Å². The summed E-state index contributed by atoms with van der Waals surface area (Å²) in [6.45, 7) is 0. The lowest BCUT2D eigenvalue weighted by atomic mass is 10.1. The minimum absolute atomic E-state index is 0.164. The van der Waals surface area contributed by atoms with Crippen LogP contribution in [0.15, 0.2) is 47.6 Å². The molecule has 0 atom stereocenters. The number of nitro benzene ring substituents is 2. The highest BCUT2D eigenvalue weighted by molar-refractivity contribution is 5.94. The zero-order valence-corrected chi connectivity index (χ0v) is 13.9. The van der Waals surface area contributed by atoms with Crippen LogP contribution in [0, 0.1) is 20.2 Å². The molecule has 0 radical (unpaired) electrons. The number of esters is 1. The lowest BCUT2D eigenvalue weighted by Crippen LogP contribution is -2.11. The van der Waals surface area contributed by atoms with Crippen molar-refractivity contribution in [3.8, 4) is 5.75 Å². The lowest BCUT2D eigenvalue weighted by molar-refractivity contribution is -0.394. The van der Waals surface area contributed by atoms with E-state index in [1.165, 1.54) is 12.3 Å². The van der Waals surface area contributed by atoms with Crippen molar-refractivity contribution in [2.45, 2.75) is 0 Å². The number of hydrogen-bond donors (Lipinski definition) is 0. The summed E-state index contributed by atoms with van der Waals surface area (Å²) in [5, 5.41) is 27.4. The normalized spacial score (nSPS) is 10.5. The predicted octanol–water partition coefficient (Wildman–Crippen LogP) is 2.62. The minimum Gasteiger partial charge on any atom is -0.422 e. The van der Waals surface area contributed by atoms with Gasteiger partial charge in [-0.1, -0.05) is 12.1 Å². The summed E-state index contributed by atoms with van der Waals surface area (Å²) >= 11 is 0. The standard InChI is InChI=1S/C16H14N4O6/c1-18(2)17-10-11-5-3-4-6-15(11)26-16(21)12-7-13(19(22)23)9-14(8-12)20(24)25/h3-10H,1-2H3/b17-10+. The Balaban J connectivity index is 2.36. The fourth-order valence-electron chi connectivity index (χ4n) is 1.94. The SMILES string of the molecule is CN(C)/N=C/c1ccccc1OC(=O)c1cc([N+](=O)[O-])cc([N+](=O)[O-])c1. The highest BCUT2D eigenvalue weighted by Crippen LogP contribution is 2.24. The van der Waals surface area contributed by atoms with Crippen molar-refractivity contribution in [1.82, 2.24) is 5.01 Å². The molecule has 26 heavy (non-hydrogen) atoms. The van der Waals surface area contributed by atoms with Crippen LogP contribution >= 0.6 is 0 Å². The Morgan fingerprint density at radius 2 is 1.65 bits per heavy atom. The van der Waals surface area contributed by atoms with E-state index in [4.69, 9.17) is 4.74 Å². The summed E-state index contributed by atoms with van der Waals surface area (Å²) in [5.74, 6) is -0.792. The first-order chi connectivity index (χ1) is 12.3. The Morgan fingerprint density at radius 1 is 1.08 bits per heavy atom. The third-order valence-electron chi connectivity index (χ3n) is 3.11. The number of non-ortho nitro benzene ring substituents is 2. The van der Waals surface area contributed by atoms with E-state index in [0.717, 1.165) is 18.2 Å². The molecule has 10 nitrogen and oxygen atoms in total. The van der Waals surface area contributed by atoms with E-state index >= 15 is 0 Å². The minimum atomic E-state index is -0.956. The molecule has 0 aliphatic heterocycles. The second-order valence-electron chi connectivity index (χ2n) is 5.27. The van der Waals surface area contributed by atoms with Gasteiger partial charge in [0.15, 0.2) is 0 Å². The van der Waals surface area contributed by atoms with E-state index in [-0.39, 0.29) is 11.3 Å². The van der Waals surface area contributed by atoms with E-state index in [0.29, 0.717) is 5.56 Å². The summed E-state index contributed by atoms with van der Waals surface area (Å²) in [4.78, 5) is 32.5. The maximum absolute atomic E-state index is 12.3. The maximum atomic E-state index is 12.3. The number of ether oxygens (including phenoxy) is 1. The average Bonchev–Trinajstić information content (AvgIpc) is 2.60. The molecule has 2 rings (SSSR count). The van der Waals surface area contributed by atoms with Gasteiger partial charge >= 0.3 is 5.97 Å². The molecule has 0 saturated carbocycles. The zero-order chi connectivity index (χ0) is 19.3. The van der Waals surface area contributed by atoms with Gasteiger partial charge in [-0.3, -0.25) is 20.2 Å². The molecule has 0 saturated heterocycles. The van der Waals surface area contributed by atoms with Gasteiger partial charge < -0.3 is 9.75 Å². The molecule has 0 aliphatic rings. The van der Waals surface area contributed by atoms with E-state index in [2.05, 4.69) is 5.10 Å². The van der Waals surface area contributed by atoms with E-state index in [9.17, 15) is 25.0 Å². The summed E-state index contributed by atoms with van der Waals surface area (Å²) in [6, 6.07) is 9.14. The fraction of sp³-hybridized carbons (Fsp3) is 0.125. The number of rotatable bonds is 6. The van der Waals surface area contributed by atoms with Crippen LogP contribution in [-0.2, 0) is 0 Å². The first-order valence-corrected chi connectivity index (χ1v) is 7.24. The van der Waals surface area contributed by atoms with Crippen LogP contribution in [0.2, 0.25) is 0 Å². The van der Waals surface area contributed by atoms with Crippen LogP contribution in [-0.4, -0.2) is 41.1 Å². The Morgan fingerprint density at radius 3 is 2.19 bits per heavy atom. The average molecular weight is 358 g/mol. The second kappa shape index (κ2) is 7.83. The zero-order valence-electron chi connectivity index (χ0n) is 13.9. The van der Waals surface area contributed by atoms with Gasteiger partial charge in [0.2, 0.25) is 0 Å². The van der Waals surface area contributed by atoms with Crippen LogP contribution in [0.5, 0.6) is 5.75 Å². The van der Waals surface area contributed by atoms with E-state index in [1.807, 2.05) is 0 Å². The largest absolute Gasteiger partial charge is 0.422 e. The number of nitrogens with zero attached hydrogens (tertiary/aromatic N) is 4. The highest BCUT2D eigenvalue weighted by Gasteiger charge is 2.21. The maximum Gasteiger partial charge on any atom is 0.344 e. The summed E-state index contributed by atoms with van der Waals surface area (Å²) < 4.78 is 5.24. The third-order valence-corrected chi connectivity index (χ3v) is 3.11. The Labute approximate surface area is 147 Å². The van der Waals surface area contributed by atoms with Crippen molar-refractivity contribution in [2.24, 2.45) is 5.10 Å². The van der Waals surface area contributed by atoms with Crippen molar-refractivity contribution in [1.29, 1.82) is 0 Å². The summed E-state index contributed by atoms with van der Waals surface area (Å²) in [5.41, 5.74) is -0.957. The van der Waals surface area contributed by atoms with Crippen molar-refractivity contribution < 1.29 is 19.4 Å². The van der Waals surface area contributed by atoms with Crippen LogP contribution in [0.1, 0.15) is 15.9 Å². The van der Waals surface area contributed by atoms with Gasteiger partial charge in [-0.25, -0.2) is 4.79 Å². The number of hydrazone groups is 1. The lowest BCUT2D eigenvalue weighted by Gasteiger charge is -2.08. The van der Waals surface area contributed by atoms with Crippen molar-refractivity contribution in [2.75, 3.05) is 14.1 Å². The molecule has 0 aliphatic carbocycles. The van der Waals surface area contributed by atoms with Crippen molar-refractivity contribution in [3.63, 3.8) is 0 Å². The van der Waals surface area contributed by atoms with Crippen LogP contribution in [0.25, 0.3) is 0 Å². The molecule has 0 heterocycles. The molecule has 0 aromatic heterocycles. The van der Waals surface area contributed by atoms with E-state index < -0.39 is 27.2 Å². The summed E-state index contributed by atoms with van der Waals surface area (Å²) in [7, 11) is 3.43. The Kier molecular flexibility index (Phi) is 5.58. The Bertz CT molecular complexity index is 862. The third kappa shape index (κ3) is 4.60. The Hall–Kier alpha value is -3.82. The highest BCUT2D eigenvalue weighted by atomic mass is 16.6. The molecule has 2 aromatic rings. The molecular formula is C16H14N4O6. The second-order valence-corrected chi connectivity index (χ2v) is 5.27. The molecular weight excluding hydrogens is 344 g/mol. The number of hydrogen-bond acceptors (Lipinski definition) is 8. The first kappa shape index (κ1) is 18.5. The quantitative estimate of drug-likeness (QED) is 0.255. The molecule has 0 amide bonds. The number of nitro groups is 2. The van der Waals surface area contributed by atoms with Crippen LogP contribution < -0.4 is 4.74 Å². The predicted molar refractivity (Wildman–Crippen MR) is 92.4 cm³/mol. The summed E-state index contributed by atoms with van der Waals surface area (Å²) in [6.07, 6.45) is 1.47. The van der Waals surface area contributed by atoms with Gasteiger partial charge in [0.25, 0.3) is 11.4 Å². The van der Waals surface area contributed by atoms with Crippen molar-refractivity contribution in [3.05, 3.63) is 73.8 Å². The molecule has 2 aromatic carbocycles. The number of carbonyl (C=O) groups is 1. The number of benzene rings is 2. The van der Waals surface area contributed by atoms with Gasteiger partial charge in [0, 0.05) is 31.8 Å². The van der Waals surface area contributed by atoms with E-state index in [1.54, 1.807) is 37.3 Å². The van der Waals surface area contributed by atoms with Crippen molar-refractivity contribution >= 4 is 23.6 Å². The molecule has 134 valence electrons. The molecule has 0 fully saturated rings. The molecule has 0 spiro atoms. The number of para-hydroxylation sites is 1. The van der Waals surface area contributed by atoms with Gasteiger partial charge in [0.1, 0.15) is 5.75 Å². The van der Waals surface area contributed by atoms with Gasteiger partial charge in [0.05, 0.1) is 27.7 Å². The molecule has 0 unspecified atom stereocenters. The fourth-order valence-corrected chi connectivity index (χ4v) is 1.94. The number of carbonyl (C=O) groups excluding carboxylic acids is 1.